The van der Waals surface area contributed by atoms with Crippen molar-refractivity contribution in [2.75, 3.05) is 0 Å². The highest BCUT2D eigenvalue weighted by molar-refractivity contribution is 5.47. The molecule has 0 aromatic carbocycles. The summed E-state index contributed by atoms with van der Waals surface area (Å²) in [6.45, 7) is 5.27. The van der Waals surface area contributed by atoms with Gasteiger partial charge < -0.3 is 10.4 Å². The minimum atomic E-state index is -0.824. The minimum Gasteiger partial charge on any atom is -0.388 e. The van der Waals surface area contributed by atoms with Crippen LogP contribution in [0.5, 0.6) is 0 Å². The molecule has 1 amide bonds. The molecule has 0 aliphatic rings. The molecule has 60 valence electrons. The van der Waals surface area contributed by atoms with Gasteiger partial charge in [-0.25, -0.2) is 0 Å². The lowest BCUT2D eigenvalue weighted by molar-refractivity contribution is -0.112. The number of hydrogen-bond donors (Lipinski definition) is 2. The summed E-state index contributed by atoms with van der Waals surface area (Å²) < 4.78 is 0. The smallest absolute Gasteiger partial charge is 0.207 e. The number of nitrogens with one attached hydrogen (secondary N) is 1. The molecule has 3 heteroatoms. The quantitative estimate of drug-likeness (QED) is 0.558. The lowest BCUT2D eigenvalue weighted by atomic mass is 9.97. The Morgan fingerprint density at radius 2 is 2.20 bits per heavy atom. The summed E-state index contributed by atoms with van der Waals surface area (Å²) in [5, 5.41) is 11.9. The second-order valence-electron chi connectivity index (χ2n) is 2.90. The van der Waals surface area contributed by atoms with Crippen molar-refractivity contribution in [1.29, 1.82) is 0 Å². The molecule has 2 N–H and O–H groups in total. The van der Waals surface area contributed by atoms with Crippen LogP contribution in [0.1, 0.15) is 27.2 Å². The summed E-state index contributed by atoms with van der Waals surface area (Å²) in [4.78, 5) is 10.00. The monoisotopic (exact) mass is 145 g/mol. The molecule has 1 atom stereocenters. The summed E-state index contributed by atoms with van der Waals surface area (Å²) in [7, 11) is 0. The van der Waals surface area contributed by atoms with Crippen molar-refractivity contribution < 1.29 is 9.90 Å². The summed E-state index contributed by atoms with van der Waals surface area (Å²) in [6.07, 6.45) is 1.36. The minimum absolute atomic E-state index is 0.148. The van der Waals surface area contributed by atoms with E-state index in [2.05, 4.69) is 5.32 Å². The Kier molecular flexibility index (Phi) is 3.36. The van der Waals surface area contributed by atoms with E-state index in [9.17, 15) is 9.90 Å². The maximum absolute atomic E-state index is 10.00. The molecule has 3 nitrogen and oxygen atoms in total. The molecule has 0 heterocycles. The number of rotatable bonds is 4. The van der Waals surface area contributed by atoms with Crippen LogP contribution in [0, 0.1) is 0 Å². The fourth-order valence-electron chi connectivity index (χ4n) is 0.903. The Morgan fingerprint density at radius 1 is 1.70 bits per heavy atom. The summed E-state index contributed by atoms with van der Waals surface area (Å²) in [5.74, 6) is 0. The van der Waals surface area contributed by atoms with Crippen LogP contribution >= 0.6 is 0 Å². The van der Waals surface area contributed by atoms with Gasteiger partial charge in [0.15, 0.2) is 0 Å². The zero-order valence-corrected chi connectivity index (χ0v) is 6.72. The lowest BCUT2D eigenvalue weighted by Crippen LogP contribution is -2.45. The Morgan fingerprint density at radius 3 is 2.30 bits per heavy atom. The van der Waals surface area contributed by atoms with Gasteiger partial charge in [-0.05, 0) is 20.3 Å². The highest BCUT2D eigenvalue weighted by Crippen LogP contribution is 2.10. The van der Waals surface area contributed by atoms with Gasteiger partial charge in [-0.2, -0.15) is 0 Å². The Bertz CT molecular complexity index is 107. The fourth-order valence-corrected chi connectivity index (χ4v) is 0.903. The SMILES string of the molecule is CCC(NC=O)C(C)(C)O. The Labute approximate surface area is 61.4 Å². The molecule has 0 aromatic rings. The maximum Gasteiger partial charge on any atom is 0.207 e. The van der Waals surface area contributed by atoms with Crippen LogP contribution in [0.15, 0.2) is 0 Å². The van der Waals surface area contributed by atoms with Gasteiger partial charge in [-0.15, -0.1) is 0 Å². The van der Waals surface area contributed by atoms with E-state index in [-0.39, 0.29) is 6.04 Å². The van der Waals surface area contributed by atoms with E-state index in [4.69, 9.17) is 0 Å². The van der Waals surface area contributed by atoms with Crippen LogP contribution in [0.3, 0.4) is 0 Å². The third kappa shape index (κ3) is 2.82. The van der Waals surface area contributed by atoms with Crippen LogP contribution in [-0.2, 0) is 4.79 Å². The summed E-state index contributed by atoms with van der Waals surface area (Å²) in [5.41, 5.74) is -0.824. The average Bonchev–Trinajstić information content (AvgIpc) is 1.80. The zero-order chi connectivity index (χ0) is 8.20. The third-order valence-electron chi connectivity index (χ3n) is 1.53. The molecule has 0 saturated heterocycles. The molecule has 0 aromatic heterocycles. The number of carbonyl (C=O) groups excluding carboxylic acids is 1. The van der Waals surface area contributed by atoms with E-state index in [1.54, 1.807) is 13.8 Å². The molecular formula is C7H15NO2. The van der Waals surface area contributed by atoms with Crippen molar-refractivity contribution in [2.24, 2.45) is 0 Å². The van der Waals surface area contributed by atoms with Crippen molar-refractivity contribution in [3.05, 3.63) is 0 Å². The normalized spacial score (nSPS) is 14.4. The van der Waals surface area contributed by atoms with Crippen LogP contribution in [-0.4, -0.2) is 23.2 Å². The highest BCUT2D eigenvalue weighted by Gasteiger charge is 2.23. The van der Waals surface area contributed by atoms with E-state index < -0.39 is 5.60 Å². The Hall–Kier alpha value is -0.570. The van der Waals surface area contributed by atoms with E-state index >= 15 is 0 Å². The lowest BCUT2D eigenvalue weighted by Gasteiger charge is -2.27. The first-order valence-corrected chi connectivity index (χ1v) is 3.44. The molecule has 0 radical (unpaired) electrons. The summed E-state index contributed by atoms with van der Waals surface area (Å²) >= 11 is 0. The molecule has 0 saturated carbocycles. The van der Waals surface area contributed by atoms with Gasteiger partial charge in [0, 0.05) is 0 Å². The van der Waals surface area contributed by atoms with E-state index in [0.29, 0.717) is 6.41 Å². The topological polar surface area (TPSA) is 49.3 Å². The van der Waals surface area contributed by atoms with Crippen LogP contribution in [0.4, 0.5) is 0 Å². The van der Waals surface area contributed by atoms with Crippen molar-refractivity contribution >= 4 is 6.41 Å². The first-order valence-electron chi connectivity index (χ1n) is 3.44. The second kappa shape index (κ2) is 3.56. The number of carbonyl (C=O) groups is 1. The van der Waals surface area contributed by atoms with E-state index in [1.807, 2.05) is 6.92 Å². The van der Waals surface area contributed by atoms with Crippen LogP contribution in [0.2, 0.25) is 0 Å². The molecular weight excluding hydrogens is 130 g/mol. The zero-order valence-electron chi connectivity index (χ0n) is 6.72. The predicted octanol–water partition coefficient (Wildman–Crippen LogP) is 0.282. The number of aliphatic hydroxyl groups is 1. The van der Waals surface area contributed by atoms with Crippen LogP contribution < -0.4 is 5.32 Å². The van der Waals surface area contributed by atoms with Gasteiger partial charge in [0.1, 0.15) is 0 Å². The standard InChI is InChI=1S/C7H15NO2/c1-4-6(8-5-9)7(2,3)10/h5-6,10H,4H2,1-3H3,(H,8,9). The van der Waals surface area contributed by atoms with Crippen molar-refractivity contribution in [1.82, 2.24) is 5.32 Å². The molecule has 0 fully saturated rings. The van der Waals surface area contributed by atoms with Crippen molar-refractivity contribution in [2.45, 2.75) is 38.8 Å². The Balaban J connectivity index is 3.92. The molecule has 1 unspecified atom stereocenters. The van der Waals surface area contributed by atoms with Gasteiger partial charge in [0.25, 0.3) is 0 Å². The molecule has 10 heavy (non-hydrogen) atoms. The summed E-state index contributed by atoms with van der Waals surface area (Å²) in [6, 6.07) is -0.148. The van der Waals surface area contributed by atoms with Crippen LogP contribution in [0.25, 0.3) is 0 Å². The third-order valence-corrected chi connectivity index (χ3v) is 1.53. The van der Waals surface area contributed by atoms with Gasteiger partial charge >= 0.3 is 0 Å². The largest absolute Gasteiger partial charge is 0.388 e. The molecule has 0 spiro atoms. The number of amides is 1. The van der Waals surface area contributed by atoms with Gasteiger partial charge in [0.2, 0.25) is 6.41 Å². The number of hydrogen-bond acceptors (Lipinski definition) is 2. The van der Waals surface area contributed by atoms with Crippen molar-refractivity contribution in [3.8, 4) is 0 Å². The molecule has 0 rings (SSSR count). The van der Waals surface area contributed by atoms with Gasteiger partial charge in [0.05, 0.1) is 11.6 Å². The molecule has 0 aliphatic heterocycles. The maximum atomic E-state index is 10.00. The molecule has 0 aliphatic carbocycles. The van der Waals surface area contributed by atoms with Crippen molar-refractivity contribution in [3.63, 3.8) is 0 Å². The average molecular weight is 145 g/mol. The molecule has 0 bridgehead atoms. The second-order valence-corrected chi connectivity index (χ2v) is 2.90. The van der Waals surface area contributed by atoms with Gasteiger partial charge in [-0.1, -0.05) is 6.92 Å². The van der Waals surface area contributed by atoms with E-state index in [0.717, 1.165) is 6.42 Å². The highest BCUT2D eigenvalue weighted by atomic mass is 16.3. The first kappa shape index (κ1) is 9.43. The van der Waals surface area contributed by atoms with E-state index in [1.165, 1.54) is 0 Å². The fraction of sp³-hybridized carbons (Fsp3) is 0.857. The predicted molar refractivity (Wildman–Crippen MR) is 39.6 cm³/mol. The van der Waals surface area contributed by atoms with Gasteiger partial charge in [-0.3, -0.25) is 4.79 Å². The first-order chi connectivity index (χ1) is 4.52.